The maximum Gasteiger partial charge on any atom is 0.136 e. The molecule has 0 saturated carbocycles. The van der Waals surface area contributed by atoms with Crippen LogP contribution in [0.1, 0.15) is 29.7 Å². The summed E-state index contributed by atoms with van der Waals surface area (Å²) in [6, 6.07) is 14.2. The Bertz CT molecular complexity index is 647. The van der Waals surface area contributed by atoms with E-state index in [2.05, 4.69) is 11.4 Å². The minimum absolute atomic E-state index is 0.0956. The molecule has 2 aromatic rings. The van der Waals surface area contributed by atoms with Gasteiger partial charge in [-0.05, 0) is 42.3 Å². The van der Waals surface area contributed by atoms with E-state index in [4.69, 9.17) is 10.00 Å². The van der Waals surface area contributed by atoms with Gasteiger partial charge in [-0.2, -0.15) is 5.26 Å². The van der Waals surface area contributed by atoms with Crippen LogP contribution in [0.2, 0.25) is 0 Å². The van der Waals surface area contributed by atoms with Gasteiger partial charge >= 0.3 is 0 Å². The van der Waals surface area contributed by atoms with Gasteiger partial charge in [0.2, 0.25) is 0 Å². The summed E-state index contributed by atoms with van der Waals surface area (Å²) in [7, 11) is 1.55. The molecule has 0 amide bonds. The summed E-state index contributed by atoms with van der Waals surface area (Å²) < 4.78 is 18.0. The summed E-state index contributed by atoms with van der Waals surface area (Å²) in [6.07, 6.45) is 0. The lowest BCUT2D eigenvalue weighted by atomic mass is 10.1. The fourth-order valence-electron chi connectivity index (χ4n) is 2.09. The number of nitrogens with one attached hydrogen (secondary N) is 1. The van der Waals surface area contributed by atoms with E-state index in [0.717, 1.165) is 11.1 Å². The maximum atomic E-state index is 12.9. The van der Waals surface area contributed by atoms with Crippen LogP contribution in [0, 0.1) is 17.1 Å². The molecule has 108 valence electrons. The molecule has 0 heterocycles. The van der Waals surface area contributed by atoms with Crippen molar-refractivity contribution in [2.45, 2.75) is 19.5 Å². The van der Waals surface area contributed by atoms with Gasteiger partial charge in [-0.15, -0.1) is 0 Å². The Labute approximate surface area is 124 Å². The number of nitrogens with zero attached hydrogens (tertiary/aromatic N) is 1. The fourth-order valence-corrected chi connectivity index (χ4v) is 2.09. The standard InChI is InChI=1S/C17H17FN2O/c1-12(14-4-6-16(18)7-5-14)20-11-13-3-8-17(21-2)15(9-13)10-19/h3-9,12,20H,11H2,1-2H3/t12-/m0/s1. The Morgan fingerprint density at radius 3 is 2.57 bits per heavy atom. The number of hydrogen-bond donors (Lipinski definition) is 1. The van der Waals surface area contributed by atoms with Crippen molar-refractivity contribution in [3.05, 3.63) is 65.0 Å². The van der Waals surface area contributed by atoms with E-state index in [1.165, 1.54) is 12.1 Å². The zero-order valence-corrected chi connectivity index (χ0v) is 12.1. The predicted octanol–water partition coefficient (Wildman–Crippen LogP) is 3.56. The molecule has 4 heteroatoms. The van der Waals surface area contributed by atoms with E-state index < -0.39 is 0 Å². The molecule has 0 aliphatic carbocycles. The first-order valence-corrected chi connectivity index (χ1v) is 6.70. The van der Waals surface area contributed by atoms with Gasteiger partial charge in [0.05, 0.1) is 12.7 Å². The molecule has 0 radical (unpaired) electrons. The van der Waals surface area contributed by atoms with Crippen LogP contribution < -0.4 is 10.1 Å². The Kier molecular flexibility index (Phi) is 4.91. The van der Waals surface area contributed by atoms with Gasteiger partial charge < -0.3 is 10.1 Å². The zero-order chi connectivity index (χ0) is 15.2. The van der Waals surface area contributed by atoms with Gasteiger partial charge in [0, 0.05) is 12.6 Å². The van der Waals surface area contributed by atoms with Gasteiger partial charge in [-0.25, -0.2) is 4.39 Å². The highest BCUT2D eigenvalue weighted by atomic mass is 19.1. The molecular formula is C17H17FN2O. The second kappa shape index (κ2) is 6.87. The lowest BCUT2D eigenvalue weighted by molar-refractivity contribution is 0.413. The Hall–Kier alpha value is -2.38. The number of methoxy groups -OCH3 is 1. The number of ether oxygens (including phenoxy) is 1. The molecular weight excluding hydrogens is 267 g/mol. The molecule has 3 nitrogen and oxygen atoms in total. The molecule has 0 aliphatic rings. The largest absolute Gasteiger partial charge is 0.495 e. The number of hydrogen-bond acceptors (Lipinski definition) is 3. The van der Waals surface area contributed by atoms with Gasteiger partial charge in [-0.3, -0.25) is 0 Å². The third-order valence-electron chi connectivity index (χ3n) is 3.37. The normalized spacial score (nSPS) is 11.7. The summed E-state index contributed by atoms with van der Waals surface area (Å²) in [5.74, 6) is 0.340. The van der Waals surface area contributed by atoms with Crippen molar-refractivity contribution < 1.29 is 9.13 Å². The van der Waals surface area contributed by atoms with Crippen LogP contribution >= 0.6 is 0 Å². The van der Waals surface area contributed by atoms with Crippen LogP contribution in [0.3, 0.4) is 0 Å². The summed E-state index contributed by atoms with van der Waals surface area (Å²) in [5.41, 5.74) is 2.54. The monoisotopic (exact) mass is 284 g/mol. The second-order valence-electron chi connectivity index (χ2n) is 4.80. The Morgan fingerprint density at radius 1 is 1.24 bits per heavy atom. The molecule has 0 spiro atoms. The molecule has 0 saturated heterocycles. The minimum atomic E-state index is -0.236. The summed E-state index contributed by atoms with van der Waals surface area (Å²) in [5, 5.41) is 12.4. The fraction of sp³-hybridized carbons (Fsp3) is 0.235. The Balaban J connectivity index is 2.03. The first-order valence-electron chi connectivity index (χ1n) is 6.70. The quantitative estimate of drug-likeness (QED) is 0.913. The molecule has 2 rings (SSSR count). The number of nitriles is 1. The average molecular weight is 284 g/mol. The molecule has 2 aromatic carbocycles. The first-order chi connectivity index (χ1) is 10.1. The number of rotatable bonds is 5. The van der Waals surface area contributed by atoms with Crippen molar-refractivity contribution in [2.75, 3.05) is 7.11 Å². The van der Waals surface area contributed by atoms with Crippen molar-refractivity contribution in [3.8, 4) is 11.8 Å². The van der Waals surface area contributed by atoms with Crippen LogP contribution in [-0.2, 0) is 6.54 Å². The van der Waals surface area contributed by atoms with E-state index in [0.29, 0.717) is 17.9 Å². The molecule has 0 fully saturated rings. The van der Waals surface area contributed by atoms with Gasteiger partial charge in [0.15, 0.2) is 0 Å². The highest BCUT2D eigenvalue weighted by Gasteiger charge is 2.07. The van der Waals surface area contributed by atoms with Crippen molar-refractivity contribution in [2.24, 2.45) is 0 Å². The van der Waals surface area contributed by atoms with E-state index in [1.807, 2.05) is 19.1 Å². The molecule has 1 atom stereocenters. The van der Waals surface area contributed by atoms with E-state index in [-0.39, 0.29) is 11.9 Å². The molecule has 0 aliphatic heterocycles. The van der Waals surface area contributed by atoms with Crippen molar-refractivity contribution >= 4 is 0 Å². The lowest BCUT2D eigenvalue weighted by Gasteiger charge is -2.15. The van der Waals surface area contributed by atoms with E-state index in [1.54, 1.807) is 25.3 Å². The highest BCUT2D eigenvalue weighted by molar-refractivity contribution is 5.45. The van der Waals surface area contributed by atoms with Gasteiger partial charge in [-0.1, -0.05) is 18.2 Å². The topological polar surface area (TPSA) is 45.0 Å². The van der Waals surface area contributed by atoms with Gasteiger partial charge in [0.25, 0.3) is 0 Å². The van der Waals surface area contributed by atoms with Crippen molar-refractivity contribution in [3.63, 3.8) is 0 Å². The Morgan fingerprint density at radius 2 is 1.95 bits per heavy atom. The van der Waals surface area contributed by atoms with Crippen LogP contribution in [0.15, 0.2) is 42.5 Å². The number of benzene rings is 2. The second-order valence-corrected chi connectivity index (χ2v) is 4.80. The summed E-state index contributed by atoms with van der Waals surface area (Å²) in [6.45, 7) is 2.64. The van der Waals surface area contributed by atoms with Crippen LogP contribution in [0.4, 0.5) is 4.39 Å². The first kappa shape index (κ1) is 15.0. The average Bonchev–Trinajstić information content (AvgIpc) is 2.52. The summed E-state index contributed by atoms with van der Waals surface area (Å²) in [4.78, 5) is 0. The lowest BCUT2D eigenvalue weighted by Crippen LogP contribution is -2.18. The third-order valence-corrected chi connectivity index (χ3v) is 3.37. The minimum Gasteiger partial charge on any atom is -0.495 e. The zero-order valence-electron chi connectivity index (χ0n) is 12.1. The van der Waals surface area contributed by atoms with Gasteiger partial charge in [0.1, 0.15) is 17.6 Å². The van der Waals surface area contributed by atoms with Crippen LogP contribution in [-0.4, -0.2) is 7.11 Å². The van der Waals surface area contributed by atoms with E-state index >= 15 is 0 Å². The maximum absolute atomic E-state index is 12.9. The molecule has 0 unspecified atom stereocenters. The molecule has 1 N–H and O–H groups in total. The third kappa shape index (κ3) is 3.80. The smallest absolute Gasteiger partial charge is 0.136 e. The summed E-state index contributed by atoms with van der Waals surface area (Å²) >= 11 is 0. The number of halogens is 1. The van der Waals surface area contributed by atoms with Crippen molar-refractivity contribution in [1.82, 2.24) is 5.32 Å². The van der Waals surface area contributed by atoms with Crippen LogP contribution in [0.5, 0.6) is 5.75 Å². The highest BCUT2D eigenvalue weighted by Crippen LogP contribution is 2.19. The van der Waals surface area contributed by atoms with E-state index in [9.17, 15) is 4.39 Å². The van der Waals surface area contributed by atoms with Crippen molar-refractivity contribution in [1.29, 1.82) is 5.26 Å². The molecule has 21 heavy (non-hydrogen) atoms. The molecule has 0 aromatic heterocycles. The van der Waals surface area contributed by atoms with Crippen LogP contribution in [0.25, 0.3) is 0 Å². The SMILES string of the molecule is COc1ccc(CN[C@@H](C)c2ccc(F)cc2)cc1C#N. The predicted molar refractivity (Wildman–Crippen MR) is 79.4 cm³/mol. The molecule has 0 bridgehead atoms.